The first kappa shape index (κ1) is 24.6. The molecule has 0 heterocycles. The fourth-order valence-electron chi connectivity index (χ4n) is 2.73. The predicted molar refractivity (Wildman–Crippen MR) is 119 cm³/mol. The van der Waals surface area contributed by atoms with Gasteiger partial charge in [0.2, 0.25) is 15.9 Å². The molecule has 0 atom stereocenters. The van der Waals surface area contributed by atoms with Crippen LogP contribution >= 0.6 is 0 Å². The van der Waals surface area contributed by atoms with Crippen molar-refractivity contribution in [3.63, 3.8) is 0 Å². The van der Waals surface area contributed by atoms with Gasteiger partial charge in [0.1, 0.15) is 6.61 Å². The number of amides is 1. The van der Waals surface area contributed by atoms with Gasteiger partial charge < -0.3 is 10.1 Å². The largest absolute Gasteiger partial charge is 0.460 e. The van der Waals surface area contributed by atoms with Crippen LogP contribution in [-0.4, -0.2) is 50.8 Å². The second kappa shape index (κ2) is 11.1. The molecular weight excluding hydrogens is 416 g/mol. The molecule has 2 aromatic carbocycles. The summed E-state index contributed by atoms with van der Waals surface area (Å²) in [5.74, 6) is -0.685. The van der Waals surface area contributed by atoms with E-state index in [1.807, 2.05) is 31.2 Å². The van der Waals surface area contributed by atoms with E-state index in [0.29, 0.717) is 12.8 Å². The summed E-state index contributed by atoms with van der Waals surface area (Å²) < 4.78 is 31.3. The maximum absolute atomic E-state index is 12.5. The van der Waals surface area contributed by atoms with Crippen LogP contribution in [0.25, 0.3) is 0 Å². The fraction of sp³-hybridized carbons (Fsp3) is 0.391. The number of sulfonamides is 1. The van der Waals surface area contributed by atoms with Gasteiger partial charge in [0.15, 0.2) is 0 Å². The number of aryl methyl sites for hydroxylation is 2. The zero-order valence-corrected chi connectivity index (χ0v) is 19.2. The van der Waals surface area contributed by atoms with Crippen molar-refractivity contribution in [3.8, 4) is 0 Å². The van der Waals surface area contributed by atoms with E-state index in [2.05, 4.69) is 5.32 Å². The molecule has 8 heteroatoms. The zero-order chi connectivity index (χ0) is 23.0. The van der Waals surface area contributed by atoms with E-state index < -0.39 is 16.0 Å². The summed E-state index contributed by atoms with van der Waals surface area (Å²) in [6, 6.07) is 13.5. The topological polar surface area (TPSA) is 92.8 Å². The number of carbonyl (C=O) groups excluding carboxylic acids is 2. The third kappa shape index (κ3) is 7.18. The minimum Gasteiger partial charge on any atom is -0.460 e. The van der Waals surface area contributed by atoms with Crippen LogP contribution in [0.3, 0.4) is 0 Å². The third-order valence-electron chi connectivity index (χ3n) is 4.91. The van der Waals surface area contributed by atoms with Crippen LogP contribution in [0.15, 0.2) is 53.4 Å². The summed E-state index contributed by atoms with van der Waals surface area (Å²) >= 11 is 0. The first-order chi connectivity index (χ1) is 14.6. The second-order valence-electron chi connectivity index (χ2n) is 7.61. The molecule has 0 aliphatic rings. The molecular formula is C23H30N2O5S. The molecule has 0 saturated carbocycles. The van der Waals surface area contributed by atoms with Crippen LogP contribution in [0.1, 0.15) is 41.8 Å². The number of benzene rings is 2. The van der Waals surface area contributed by atoms with Gasteiger partial charge in [-0.25, -0.2) is 13.2 Å². The molecule has 0 fully saturated rings. The van der Waals surface area contributed by atoms with Crippen molar-refractivity contribution < 1.29 is 22.7 Å². The molecule has 2 aromatic rings. The Bertz CT molecular complexity index is 984. The summed E-state index contributed by atoms with van der Waals surface area (Å²) in [6.07, 6.45) is 1.00. The van der Waals surface area contributed by atoms with E-state index in [9.17, 15) is 18.0 Å². The molecule has 7 nitrogen and oxygen atoms in total. The third-order valence-corrected chi connectivity index (χ3v) is 6.96. The molecule has 0 unspecified atom stereocenters. The lowest BCUT2D eigenvalue weighted by molar-refractivity contribution is -0.121. The molecule has 0 aliphatic heterocycles. The molecule has 0 aliphatic carbocycles. The Balaban J connectivity index is 1.76. The second-order valence-corrected chi connectivity index (χ2v) is 9.61. The molecule has 0 spiro atoms. The van der Waals surface area contributed by atoms with Gasteiger partial charge in [0.25, 0.3) is 0 Å². The summed E-state index contributed by atoms with van der Waals surface area (Å²) in [7, 11) is -2.09. The van der Waals surface area contributed by atoms with Gasteiger partial charge in [-0.15, -0.1) is 0 Å². The Labute approximate surface area is 184 Å². The van der Waals surface area contributed by atoms with E-state index in [1.54, 1.807) is 13.8 Å². The van der Waals surface area contributed by atoms with Crippen LogP contribution in [0, 0.1) is 6.92 Å². The quantitative estimate of drug-likeness (QED) is 0.447. The summed E-state index contributed by atoms with van der Waals surface area (Å²) in [6.45, 7) is 5.82. The lowest BCUT2D eigenvalue weighted by Gasteiger charge is -2.20. The van der Waals surface area contributed by atoms with Gasteiger partial charge in [-0.3, -0.25) is 4.79 Å². The van der Waals surface area contributed by atoms with E-state index in [1.165, 1.54) is 41.2 Å². The average Bonchev–Trinajstić information content (AvgIpc) is 2.75. The summed E-state index contributed by atoms with van der Waals surface area (Å²) in [5, 5.41) is 2.72. The highest BCUT2D eigenvalue weighted by Gasteiger charge is 2.23. The highest BCUT2D eigenvalue weighted by atomic mass is 32.2. The molecule has 1 amide bonds. The number of esters is 1. The smallest absolute Gasteiger partial charge is 0.338 e. The molecule has 168 valence electrons. The first-order valence-electron chi connectivity index (χ1n) is 10.2. The molecule has 0 radical (unpaired) electrons. The minimum atomic E-state index is -3.61. The lowest BCUT2D eigenvalue weighted by Crippen LogP contribution is -2.33. The number of carbonyl (C=O) groups is 2. The van der Waals surface area contributed by atoms with Gasteiger partial charge in [0, 0.05) is 19.5 Å². The predicted octanol–water partition coefficient (Wildman–Crippen LogP) is 2.93. The Morgan fingerprint density at radius 3 is 2.23 bits per heavy atom. The first-order valence-corrected chi connectivity index (χ1v) is 11.6. The maximum atomic E-state index is 12.5. The highest BCUT2D eigenvalue weighted by molar-refractivity contribution is 7.89. The maximum Gasteiger partial charge on any atom is 0.338 e. The monoisotopic (exact) mass is 446 g/mol. The molecule has 31 heavy (non-hydrogen) atoms. The summed E-state index contributed by atoms with van der Waals surface area (Å²) in [4.78, 5) is 24.2. The molecule has 0 saturated heterocycles. The Kier molecular flexibility index (Phi) is 8.76. The average molecular weight is 447 g/mol. The zero-order valence-electron chi connectivity index (χ0n) is 18.4. The SMILES string of the molecule is Cc1ccc(CCC(=O)NCCOC(=O)c2ccc(S(=O)(=O)N(C)C(C)C)cc2)cc1. The Morgan fingerprint density at radius 1 is 1.03 bits per heavy atom. The van der Waals surface area contributed by atoms with Crippen molar-refractivity contribution in [2.24, 2.45) is 0 Å². The fourth-order valence-corrected chi connectivity index (χ4v) is 4.09. The van der Waals surface area contributed by atoms with E-state index in [4.69, 9.17) is 4.74 Å². The van der Waals surface area contributed by atoms with Crippen LogP contribution in [0.5, 0.6) is 0 Å². The molecule has 2 rings (SSSR count). The van der Waals surface area contributed by atoms with Crippen molar-refractivity contribution >= 4 is 21.9 Å². The van der Waals surface area contributed by atoms with Crippen molar-refractivity contribution in [2.45, 2.75) is 44.6 Å². The Hall–Kier alpha value is -2.71. The van der Waals surface area contributed by atoms with E-state index >= 15 is 0 Å². The highest BCUT2D eigenvalue weighted by Crippen LogP contribution is 2.17. The summed E-state index contributed by atoms with van der Waals surface area (Å²) in [5.41, 5.74) is 2.52. The van der Waals surface area contributed by atoms with Crippen LogP contribution < -0.4 is 5.32 Å². The van der Waals surface area contributed by atoms with Gasteiger partial charge in [-0.1, -0.05) is 29.8 Å². The number of ether oxygens (including phenoxy) is 1. The van der Waals surface area contributed by atoms with Crippen molar-refractivity contribution in [2.75, 3.05) is 20.2 Å². The van der Waals surface area contributed by atoms with Crippen LogP contribution in [0.4, 0.5) is 0 Å². The number of hydrogen-bond donors (Lipinski definition) is 1. The van der Waals surface area contributed by atoms with E-state index in [0.717, 1.165) is 5.56 Å². The molecule has 0 aromatic heterocycles. The van der Waals surface area contributed by atoms with Gasteiger partial charge in [-0.2, -0.15) is 4.31 Å². The number of rotatable bonds is 10. The number of nitrogens with zero attached hydrogens (tertiary/aromatic N) is 1. The Morgan fingerprint density at radius 2 is 1.65 bits per heavy atom. The van der Waals surface area contributed by atoms with Crippen molar-refractivity contribution in [1.82, 2.24) is 9.62 Å². The number of hydrogen-bond acceptors (Lipinski definition) is 5. The van der Waals surface area contributed by atoms with Crippen LogP contribution in [-0.2, 0) is 26.0 Å². The molecule has 0 bridgehead atoms. The van der Waals surface area contributed by atoms with Gasteiger partial charge >= 0.3 is 5.97 Å². The lowest BCUT2D eigenvalue weighted by atomic mass is 10.1. The number of nitrogens with one attached hydrogen (secondary N) is 1. The van der Waals surface area contributed by atoms with E-state index in [-0.39, 0.29) is 35.6 Å². The minimum absolute atomic E-state index is 0.0330. The van der Waals surface area contributed by atoms with Crippen molar-refractivity contribution in [3.05, 3.63) is 65.2 Å². The normalized spacial score (nSPS) is 11.5. The van der Waals surface area contributed by atoms with Gasteiger partial charge in [-0.05, 0) is 57.0 Å². The van der Waals surface area contributed by atoms with Crippen LogP contribution in [0.2, 0.25) is 0 Å². The van der Waals surface area contributed by atoms with Gasteiger partial charge in [0.05, 0.1) is 17.0 Å². The standard InChI is InChI=1S/C23H30N2O5S/c1-17(2)25(4)31(28,29)21-12-10-20(11-13-21)23(27)30-16-15-24-22(26)14-9-19-7-5-18(3)6-8-19/h5-8,10-13,17H,9,14-16H2,1-4H3,(H,24,26). The molecule has 1 N–H and O–H groups in total. The van der Waals surface area contributed by atoms with Crippen molar-refractivity contribution in [1.29, 1.82) is 0 Å².